The van der Waals surface area contributed by atoms with Crippen molar-refractivity contribution in [1.29, 1.82) is 0 Å². The summed E-state index contributed by atoms with van der Waals surface area (Å²) in [4.78, 5) is 13.7. The number of nitrogens with one attached hydrogen (secondary N) is 1. The summed E-state index contributed by atoms with van der Waals surface area (Å²) in [5.74, 6) is 0.546. The summed E-state index contributed by atoms with van der Waals surface area (Å²) in [6.07, 6.45) is 2.25. The zero-order valence-electron chi connectivity index (χ0n) is 11.2. The lowest BCUT2D eigenvalue weighted by Crippen LogP contribution is -2.37. The third-order valence-electron chi connectivity index (χ3n) is 3.49. The van der Waals surface area contributed by atoms with Gasteiger partial charge in [-0.15, -0.1) is 0 Å². The van der Waals surface area contributed by atoms with Gasteiger partial charge < -0.3 is 15.0 Å². The van der Waals surface area contributed by atoms with Gasteiger partial charge in [0, 0.05) is 12.5 Å². The zero-order chi connectivity index (χ0) is 12.5. The average molecular weight is 240 g/mol. The van der Waals surface area contributed by atoms with Crippen molar-refractivity contribution in [3.63, 3.8) is 0 Å². The molecule has 0 radical (unpaired) electrons. The molecule has 1 unspecified atom stereocenters. The summed E-state index contributed by atoms with van der Waals surface area (Å²) in [6.45, 7) is 10.1. The maximum atomic E-state index is 11.8. The first kappa shape index (κ1) is 12.7. The molecule has 2 aliphatic heterocycles. The molecule has 1 N–H and O–H groups in total. The molecular formula is C13H24N2O2. The highest BCUT2D eigenvalue weighted by Gasteiger charge is 2.38. The Labute approximate surface area is 104 Å². The van der Waals surface area contributed by atoms with E-state index in [2.05, 4.69) is 26.1 Å². The van der Waals surface area contributed by atoms with E-state index in [1.165, 1.54) is 0 Å². The van der Waals surface area contributed by atoms with Gasteiger partial charge in [-0.05, 0) is 31.3 Å². The van der Waals surface area contributed by atoms with Gasteiger partial charge in [-0.25, -0.2) is 4.79 Å². The SMILES string of the molecule is CC(C)(C)CN1CC(C2CCNCC2)OC1=O. The minimum atomic E-state index is -0.122. The maximum absolute atomic E-state index is 11.8. The van der Waals surface area contributed by atoms with E-state index >= 15 is 0 Å². The Balaban J connectivity index is 1.90. The fraction of sp³-hybridized carbons (Fsp3) is 0.923. The van der Waals surface area contributed by atoms with Crippen molar-refractivity contribution in [1.82, 2.24) is 10.2 Å². The first-order valence-corrected chi connectivity index (χ1v) is 6.62. The molecule has 4 heteroatoms. The Kier molecular flexibility index (Phi) is 3.61. The van der Waals surface area contributed by atoms with Crippen molar-refractivity contribution < 1.29 is 9.53 Å². The predicted molar refractivity (Wildman–Crippen MR) is 66.9 cm³/mol. The third kappa shape index (κ3) is 3.35. The van der Waals surface area contributed by atoms with E-state index in [-0.39, 0.29) is 17.6 Å². The van der Waals surface area contributed by atoms with Crippen molar-refractivity contribution in [3.8, 4) is 0 Å². The highest BCUT2D eigenvalue weighted by molar-refractivity contribution is 5.70. The fourth-order valence-corrected chi connectivity index (χ4v) is 2.70. The van der Waals surface area contributed by atoms with Crippen LogP contribution in [0, 0.1) is 11.3 Å². The number of rotatable bonds is 2. The van der Waals surface area contributed by atoms with Crippen LogP contribution in [0.4, 0.5) is 4.79 Å². The Morgan fingerprint density at radius 2 is 2.00 bits per heavy atom. The first-order chi connectivity index (χ1) is 7.96. The van der Waals surface area contributed by atoms with E-state index in [1.807, 2.05) is 4.90 Å². The highest BCUT2D eigenvalue weighted by atomic mass is 16.6. The first-order valence-electron chi connectivity index (χ1n) is 6.62. The van der Waals surface area contributed by atoms with Gasteiger partial charge in [0.1, 0.15) is 6.10 Å². The summed E-state index contributed by atoms with van der Waals surface area (Å²) < 4.78 is 5.52. The summed E-state index contributed by atoms with van der Waals surface area (Å²) in [5, 5.41) is 3.34. The largest absolute Gasteiger partial charge is 0.444 e. The monoisotopic (exact) mass is 240 g/mol. The molecule has 2 rings (SSSR count). The van der Waals surface area contributed by atoms with Gasteiger partial charge in [-0.2, -0.15) is 0 Å². The smallest absolute Gasteiger partial charge is 0.410 e. The van der Waals surface area contributed by atoms with Crippen LogP contribution in [-0.2, 0) is 4.74 Å². The van der Waals surface area contributed by atoms with Crippen molar-refractivity contribution >= 4 is 6.09 Å². The molecule has 4 nitrogen and oxygen atoms in total. The van der Waals surface area contributed by atoms with Gasteiger partial charge in [-0.1, -0.05) is 20.8 Å². The topological polar surface area (TPSA) is 41.6 Å². The normalized spacial score (nSPS) is 27.4. The molecule has 0 aliphatic carbocycles. The summed E-state index contributed by atoms with van der Waals surface area (Å²) in [6, 6.07) is 0. The van der Waals surface area contributed by atoms with Crippen molar-refractivity contribution in [2.24, 2.45) is 11.3 Å². The lowest BCUT2D eigenvalue weighted by molar-refractivity contribution is 0.0900. The Hall–Kier alpha value is -0.770. The molecular weight excluding hydrogens is 216 g/mol. The van der Waals surface area contributed by atoms with Crippen LogP contribution in [0.5, 0.6) is 0 Å². The van der Waals surface area contributed by atoms with Gasteiger partial charge in [0.05, 0.1) is 6.54 Å². The van der Waals surface area contributed by atoms with E-state index < -0.39 is 0 Å². The summed E-state index contributed by atoms with van der Waals surface area (Å²) in [5.41, 5.74) is 0.141. The number of ether oxygens (including phenoxy) is 1. The van der Waals surface area contributed by atoms with Gasteiger partial charge >= 0.3 is 6.09 Å². The van der Waals surface area contributed by atoms with Gasteiger partial charge in [-0.3, -0.25) is 0 Å². The maximum Gasteiger partial charge on any atom is 0.410 e. The van der Waals surface area contributed by atoms with Crippen LogP contribution in [0.3, 0.4) is 0 Å². The number of hydrogen-bond acceptors (Lipinski definition) is 3. The molecule has 0 aromatic heterocycles. The van der Waals surface area contributed by atoms with Crippen molar-refractivity contribution in [2.75, 3.05) is 26.2 Å². The lowest BCUT2D eigenvalue weighted by atomic mass is 9.91. The van der Waals surface area contributed by atoms with E-state index in [0.717, 1.165) is 39.0 Å². The molecule has 2 saturated heterocycles. The molecule has 2 fully saturated rings. The molecule has 2 heterocycles. The average Bonchev–Trinajstić information content (AvgIpc) is 2.59. The fourth-order valence-electron chi connectivity index (χ4n) is 2.70. The molecule has 1 atom stereocenters. The number of nitrogens with zero attached hydrogens (tertiary/aromatic N) is 1. The van der Waals surface area contributed by atoms with Crippen molar-refractivity contribution in [2.45, 2.75) is 39.7 Å². The molecule has 2 aliphatic rings. The number of carbonyl (C=O) groups is 1. The van der Waals surface area contributed by atoms with Gasteiger partial charge in [0.2, 0.25) is 0 Å². The summed E-state index contributed by atoms with van der Waals surface area (Å²) in [7, 11) is 0. The number of amides is 1. The quantitative estimate of drug-likeness (QED) is 0.801. The number of hydrogen-bond donors (Lipinski definition) is 1. The summed E-state index contributed by atoms with van der Waals surface area (Å²) >= 11 is 0. The van der Waals surface area contributed by atoms with Crippen LogP contribution < -0.4 is 5.32 Å². The van der Waals surface area contributed by atoms with Crippen LogP contribution in [0.15, 0.2) is 0 Å². The molecule has 0 saturated carbocycles. The van der Waals surface area contributed by atoms with Crippen LogP contribution in [0.1, 0.15) is 33.6 Å². The second-order valence-corrected chi connectivity index (χ2v) is 6.45. The second-order valence-electron chi connectivity index (χ2n) is 6.45. The van der Waals surface area contributed by atoms with E-state index in [9.17, 15) is 4.79 Å². The Morgan fingerprint density at radius 3 is 2.59 bits per heavy atom. The molecule has 17 heavy (non-hydrogen) atoms. The number of piperidine rings is 1. The number of cyclic esters (lactones) is 1. The highest BCUT2D eigenvalue weighted by Crippen LogP contribution is 2.27. The standard InChI is InChI=1S/C13H24N2O2/c1-13(2,3)9-15-8-11(17-12(15)16)10-4-6-14-7-5-10/h10-11,14H,4-9H2,1-3H3. The molecule has 0 aromatic rings. The minimum Gasteiger partial charge on any atom is -0.444 e. The molecule has 0 aromatic carbocycles. The van der Waals surface area contributed by atoms with Crippen LogP contribution in [0.2, 0.25) is 0 Å². The molecule has 0 spiro atoms. The Bertz CT molecular complexity index is 280. The predicted octanol–water partition coefficient (Wildman–Crippen LogP) is 1.85. The number of carbonyl (C=O) groups excluding carboxylic acids is 1. The van der Waals surface area contributed by atoms with E-state index in [1.54, 1.807) is 0 Å². The molecule has 1 amide bonds. The second kappa shape index (κ2) is 4.84. The molecule has 98 valence electrons. The van der Waals surface area contributed by atoms with E-state index in [0.29, 0.717) is 5.92 Å². The van der Waals surface area contributed by atoms with Gasteiger partial charge in [0.15, 0.2) is 0 Å². The Morgan fingerprint density at radius 1 is 1.35 bits per heavy atom. The lowest BCUT2D eigenvalue weighted by Gasteiger charge is -2.27. The van der Waals surface area contributed by atoms with Crippen LogP contribution in [-0.4, -0.2) is 43.3 Å². The third-order valence-corrected chi connectivity index (χ3v) is 3.49. The zero-order valence-corrected chi connectivity index (χ0v) is 11.2. The van der Waals surface area contributed by atoms with Gasteiger partial charge in [0.25, 0.3) is 0 Å². The van der Waals surface area contributed by atoms with Crippen LogP contribution >= 0.6 is 0 Å². The van der Waals surface area contributed by atoms with Crippen LogP contribution in [0.25, 0.3) is 0 Å². The van der Waals surface area contributed by atoms with Crippen molar-refractivity contribution in [3.05, 3.63) is 0 Å². The molecule has 0 bridgehead atoms. The van der Waals surface area contributed by atoms with E-state index in [4.69, 9.17) is 4.74 Å². The minimum absolute atomic E-state index is 0.118.